The fourth-order valence-corrected chi connectivity index (χ4v) is 4.39. The van der Waals surface area contributed by atoms with Crippen molar-refractivity contribution >= 4 is 5.96 Å². The van der Waals surface area contributed by atoms with Crippen molar-refractivity contribution < 1.29 is 9.47 Å². The van der Waals surface area contributed by atoms with Crippen LogP contribution in [0.2, 0.25) is 0 Å². The zero-order valence-corrected chi connectivity index (χ0v) is 17.8. The lowest BCUT2D eigenvalue weighted by Gasteiger charge is -2.30. The number of benzene rings is 1. The molecule has 160 valence electrons. The van der Waals surface area contributed by atoms with Crippen LogP contribution in [0.15, 0.2) is 47.6 Å². The largest absolute Gasteiger partial charge is 0.486 e. The van der Waals surface area contributed by atoms with Crippen molar-refractivity contribution in [3.05, 3.63) is 53.9 Å². The van der Waals surface area contributed by atoms with E-state index in [1.807, 2.05) is 18.3 Å². The van der Waals surface area contributed by atoms with Crippen LogP contribution in [0.25, 0.3) is 0 Å². The van der Waals surface area contributed by atoms with E-state index < -0.39 is 0 Å². The van der Waals surface area contributed by atoms with Gasteiger partial charge in [0.25, 0.3) is 0 Å². The highest BCUT2D eigenvalue weighted by molar-refractivity contribution is 5.79. The highest BCUT2D eigenvalue weighted by Crippen LogP contribution is 2.44. The smallest absolute Gasteiger partial charge is 0.191 e. The molecule has 2 aliphatic rings. The van der Waals surface area contributed by atoms with Crippen molar-refractivity contribution in [3.8, 4) is 11.5 Å². The number of hydrogen-bond donors (Lipinski definition) is 2. The Morgan fingerprint density at radius 2 is 1.90 bits per heavy atom. The number of fused-ring (bicyclic) bond motifs is 1. The van der Waals surface area contributed by atoms with Gasteiger partial charge in [-0.15, -0.1) is 0 Å². The Kier molecular flexibility index (Phi) is 6.72. The van der Waals surface area contributed by atoms with Crippen molar-refractivity contribution in [2.75, 3.05) is 32.8 Å². The van der Waals surface area contributed by atoms with Crippen LogP contribution in [0.5, 0.6) is 11.5 Å². The van der Waals surface area contributed by atoms with Gasteiger partial charge in [0.05, 0.1) is 6.54 Å². The zero-order valence-electron chi connectivity index (χ0n) is 17.8. The second-order valence-corrected chi connectivity index (χ2v) is 8.04. The number of ether oxygens (including phenoxy) is 2. The van der Waals surface area contributed by atoms with E-state index in [0.717, 1.165) is 62.0 Å². The number of nitrogens with zero attached hydrogens (tertiary/aromatic N) is 2. The van der Waals surface area contributed by atoms with Crippen molar-refractivity contribution in [2.24, 2.45) is 4.99 Å². The minimum atomic E-state index is 0.0686. The predicted octanol–water partition coefficient (Wildman–Crippen LogP) is 3.46. The normalized spacial score (nSPS) is 17.6. The molecule has 0 amide bonds. The lowest BCUT2D eigenvalue weighted by Crippen LogP contribution is -2.39. The number of rotatable bonds is 7. The number of aromatic nitrogens is 1. The summed E-state index contributed by atoms with van der Waals surface area (Å²) in [6.07, 6.45) is 7.51. The first-order chi connectivity index (χ1) is 14.8. The van der Waals surface area contributed by atoms with Crippen LogP contribution < -0.4 is 20.1 Å². The van der Waals surface area contributed by atoms with Gasteiger partial charge in [0.1, 0.15) is 13.2 Å². The summed E-state index contributed by atoms with van der Waals surface area (Å²) in [6, 6.07) is 12.5. The zero-order chi connectivity index (χ0) is 20.7. The highest BCUT2D eigenvalue weighted by atomic mass is 16.6. The summed E-state index contributed by atoms with van der Waals surface area (Å²) in [5.74, 6) is 2.60. The van der Waals surface area contributed by atoms with Gasteiger partial charge in [0, 0.05) is 36.8 Å². The minimum absolute atomic E-state index is 0.0686. The molecule has 1 aromatic carbocycles. The first-order valence-corrected chi connectivity index (χ1v) is 11.1. The summed E-state index contributed by atoms with van der Waals surface area (Å²) in [5.41, 5.74) is 2.47. The molecule has 0 bridgehead atoms. The lowest BCUT2D eigenvalue weighted by molar-refractivity contribution is 0.171. The fourth-order valence-electron chi connectivity index (χ4n) is 4.39. The van der Waals surface area contributed by atoms with Gasteiger partial charge in [-0.25, -0.2) is 0 Å². The maximum absolute atomic E-state index is 5.84. The standard InChI is InChI=1S/C24H32N4O2/c1-2-25-23(27-14-10-20-7-3-6-13-26-20)28-18-24(11-4-5-12-24)19-8-9-21-22(17-19)30-16-15-29-21/h3,6-9,13,17H,2,4-5,10-12,14-16,18H2,1H3,(H2,25,27,28). The summed E-state index contributed by atoms with van der Waals surface area (Å²) in [7, 11) is 0. The monoisotopic (exact) mass is 408 g/mol. The van der Waals surface area contributed by atoms with Crippen LogP contribution in [-0.4, -0.2) is 43.8 Å². The number of pyridine rings is 1. The number of hydrogen-bond acceptors (Lipinski definition) is 4. The Bertz CT molecular complexity index is 848. The molecule has 6 nitrogen and oxygen atoms in total. The second-order valence-electron chi connectivity index (χ2n) is 8.04. The van der Waals surface area contributed by atoms with Crippen molar-refractivity contribution in [1.82, 2.24) is 15.6 Å². The van der Waals surface area contributed by atoms with E-state index in [0.29, 0.717) is 13.2 Å². The lowest BCUT2D eigenvalue weighted by atomic mass is 9.79. The summed E-state index contributed by atoms with van der Waals surface area (Å²) in [4.78, 5) is 9.38. The van der Waals surface area contributed by atoms with Gasteiger partial charge in [0.15, 0.2) is 17.5 Å². The maximum Gasteiger partial charge on any atom is 0.191 e. The van der Waals surface area contributed by atoms with Crippen LogP contribution in [0.4, 0.5) is 0 Å². The molecule has 4 rings (SSSR count). The predicted molar refractivity (Wildman–Crippen MR) is 120 cm³/mol. The molecule has 6 heteroatoms. The third-order valence-corrected chi connectivity index (χ3v) is 6.00. The van der Waals surface area contributed by atoms with E-state index in [-0.39, 0.29) is 5.41 Å². The van der Waals surface area contributed by atoms with Crippen LogP contribution in [0.3, 0.4) is 0 Å². The topological polar surface area (TPSA) is 67.8 Å². The third-order valence-electron chi connectivity index (χ3n) is 6.00. The van der Waals surface area contributed by atoms with Crippen LogP contribution in [0.1, 0.15) is 43.9 Å². The Balaban J connectivity index is 1.45. The Morgan fingerprint density at radius 3 is 2.67 bits per heavy atom. The van der Waals surface area contributed by atoms with Crippen LogP contribution in [0, 0.1) is 0 Å². The highest BCUT2D eigenvalue weighted by Gasteiger charge is 2.36. The van der Waals surface area contributed by atoms with Gasteiger partial charge in [-0.05, 0) is 49.6 Å². The Morgan fingerprint density at radius 1 is 1.07 bits per heavy atom. The van der Waals surface area contributed by atoms with E-state index in [1.54, 1.807) is 0 Å². The van der Waals surface area contributed by atoms with Gasteiger partial charge in [-0.3, -0.25) is 9.98 Å². The summed E-state index contributed by atoms with van der Waals surface area (Å²) >= 11 is 0. The van der Waals surface area contributed by atoms with Gasteiger partial charge in [0.2, 0.25) is 0 Å². The molecule has 2 N–H and O–H groups in total. The van der Waals surface area contributed by atoms with E-state index in [9.17, 15) is 0 Å². The van der Waals surface area contributed by atoms with Crippen molar-refractivity contribution in [1.29, 1.82) is 0 Å². The first kappa shape index (κ1) is 20.5. The Hall–Kier alpha value is -2.76. The van der Waals surface area contributed by atoms with Crippen LogP contribution >= 0.6 is 0 Å². The summed E-state index contributed by atoms with van der Waals surface area (Å²) in [6.45, 7) is 5.75. The molecule has 1 saturated carbocycles. The van der Waals surface area contributed by atoms with Gasteiger partial charge in [-0.1, -0.05) is 25.0 Å². The molecule has 0 spiro atoms. The maximum atomic E-state index is 5.84. The average Bonchev–Trinajstić information content (AvgIpc) is 3.28. The third kappa shape index (κ3) is 4.86. The van der Waals surface area contributed by atoms with Crippen molar-refractivity contribution in [3.63, 3.8) is 0 Å². The van der Waals surface area contributed by atoms with E-state index in [2.05, 4.69) is 46.8 Å². The SMILES string of the molecule is CCNC(=NCC1(c2ccc3c(c2)OCCO3)CCCC1)NCCc1ccccn1. The Labute approximate surface area is 179 Å². The molecule has 1 fully saturated rings. The number of nitrogens with one attached hydrogen (secondary N) is 2. The second kappa shape index (κ2) is 9.83. The molecule has 0 radical (unpaired) electrons. The molecule has 30 heavy (non-hydrogen) atoms. The first-order valence-electron chi connectivity index (χ1n) is 11.1. The van der Waals surface area contributed by atoms with E-state index >= 15 is 0 Å². The van der Waals surface area contributed by atoms with Gasteiger partial charge in [-0.2, -0.15) is 0 Å². The number of guanidine groups is 1. The summed E-state index contributed by atoms with van der Waals surface area (Å²) in [5, 5.41) is 6.85. The molecular weight excluding hydrogens is 376 g/mol. The van der Waals surface area contributed by atoms with Crippen molar-refractivity contribution in [2.45, 2.75) is 44.4 Å². The van der Waals surface area contributed by atoms with Crippen LogP contribution in [-0.2, 0) is 11.8 Å². The fraction of sp³-hybridized carbons (Fsp3) is 0.500. The molecule has 0 atom stereocenters. The molecule has 1 aromatic heterocycles. The molecule has 1 aliphatic carbocycles. The van der Waals surface area contributed by atoms with Gasteiger partial charge >= 0.3 is 0 Å². The van der Waals surface area contributed by atoms with E-state index in [4.69, 9.17) is 14.5 Å². The molecule has 0 unspecified atom stereocenters. The van der Waals surface area contributed by atoms with Gasteiger partial charge < -0.3 is 20.1 Å². The molecule has 1 aliphatic heterocycles. The molecule has 2 heterocycles. The quantitative estimate of drug-likeness (QED) is 0.542. The molecular formula is C24H32N4O2. The van der Waals surface area contributed by atoms with E-state index in [1.165, 1.54) is 18.4 Å². The summed E-state index contributed by atoms with van der Waals surface area (Å²) < 4.78 is 11.5. The number of aliphatic imine (C=N–C) groups is 1. The average molecular weight is 409 g/mol. The molecule has 2 aromatic rings. The minimum Gasteiger partial charge on any atom is -0.486 e. The molecule has 0 saturated heterocycles.